The van der Waals surface area contributed by atoms with E-state index in [0.29, 0.717) is 18.0 Å². The summed E-state index contributed by atoms with van der Waals surface area (Å²) in [5.74, 6) is -0.917. The third-order valence-corrected chi connectivity index (χ3v) is 7.56. The molecule has 1 unspecified atom stereocenters. The van der Waals surface area contributed by atoms with Crippen LogP contribution < -0.4 is 5.32 Å². The lowest BCUT2D eigenvalue weighted by Crippen LogP contribution is -2.43. The van der Waals surface area contributed by atoms with Gasteiger partial charge >= 0.3 is 0 Å². The molecule has 1 N–H and O–H groups in total. The lowest BCUT2D eigenvalue weighted by atomic mass is 10.2. The third-order valence-electron chi connectivity index (χ3n) is 4.70. The van der Waals surface area contributed by atoms with Crippen LogP contribution in [0.3, 0.4) is 0 Å². The summed E-state index contributed by atoms with van der Waals surface area (Å²) in [6, 6.07) is 9.64. The molecule has 1 saturated heterocycles. The van der Waals surface area contributed by atoms with Crippen molar-refractivity contribution in [3.63, 3.8) is 0 Å². The molecule has 1 amide bonds. The third kappa shape index (κ3) is 3.52. The molecule has 0 spiro atoms. The number of anilines is 1. The zero-order chi connectivity index (χ0) is 19.9. The molecular formula is C19H18FN3O3S2. The molecule has 1 aromatic heterocycles. The van der Waals surface area contributed by atoms with Crippen molar-refractivity contribution < 1.29 is 17.6 Å². The van der Waals surface area contributed by atoms with E-state index in [-0.39, 0.29) is 11.4 Å². The summed E-state index contributed by atoms with van der Waals surface area (Å²) < 4.78 is 41.1. The standard InChI is InChI=1S/C19H18FN3O3S2/c1-12-4-9-15-17(11-12)27-19(21-15)22-18(24)16-3-2-10-23(16)28(25,26)14-7-5-13(20)6-8-14/h4-9,11,16H,2-3,10H2,1H3,(H,21,22,24). The monoisotopic (exact) mass is 419 g/mol. The van der Waals surface area contributed by atoms with Gasteiger partial charge in [0.15, 0.2) is 5.13 Å². The Labute approximate surface area is 166 Å². The summed E-state index contributed by atoms with van der Waals surface area (Å²) in [5.41, 5.74) is 1.88. The summed E-state index contributed by atoms with van der Waals surface area (Å²) in [6.45, 7) is 2.23. The Hall–Kier alpha value is -2.36. The molecule has 0 bridgehead atoms. The fourth-order valence-corrected chi connectivity index (χ4v) is 5.93. The van der Waals surface area contributed by atoms with Crippen molar-refractivity contribution >= 4 is 42.6 Å². The largest absolute Gasteiger partial charge is 0.301 e. The van der Waals surface area contributed by atoms with Gasteiger partial charge in [0.1, 0.15) is 11.9 Å². The molecule has 0 aliphatic carbocycles. The topological polar surface area (TPSA) is 79.4 Å². The number of halogens is 1. The van der Waals surface area contributed by atoms with E-state index in [1.165, 1.54) is 27.8 Å². The minimum absolute atomic E-state index is 0.0240. The molecule has 1 aliphatic heterocycles. The number of thiazole rings is 1. The average molecular weight is 420 g/mol. The number of nitrogens with one attached hydrogen (secondary N) is 1. The number of aryl methyl sites for hydroxylation is 1. The summed E-state index contributed by atoms with van der Waals surface area (Å²) in [6.07, 6.45) is 1.01. The molecule has 146 valence electrons. The number of hydrogen-bond acceptors (Lipinski definition) is 5. The van der Waals surface area contributed by atoms with Crippen LogP contribution in [0.4, 0.5) is 9.52 Å². The van der Waals surface area contributed by atoms with Crippen LogP contribution >= 0.6 is 11.3 Å². The predicted octanol–water partition coefficient (Wildman–Crippen LogP) is 3.54. The maximum absolute atomic E-state index is 13.1. The van der Waals surface area contributed by atoms with Gasteiger partial charge in [-0.2, -0.15) is 4.31 Å². The second-order valence-electron chi connectivity index (χ2n) is 6.71. The lowest BCUT2D eigenvalue weighted by molar-refractivity contribution is -0.119. The van der Waals surface area contributed by atoms with E-state index >= 15 is 0 Å². The number of amides is 1. The Bertz CT molecular complexity index is 1140. The van der Waals surface area contributed by atoms with Crippen LogP contribution in [-0.2, 0) is 14.8 Å². The molecule has 1 fully saturated rings. The number of aromatic nitrogens is 1. The van der Waals surface area contributed by atoms with E-state index in [9.17, 15) is 17.6 Å². The van der Waals surface area contributed by atoms with Gasteiger partial charge in [-0.05, 0) is 61.7 Å². The number of nitrogens with zero attached hydrogens (tertiary/aromatic N) is 2. The minimum Gasteiger partial charge on any atom is -0.301 e. The number of hydrogen-bond donors (Lipinski definition) is 1. The minimum atomic E-state index is -3.88. The zero-order valence-corrected chi connectivity index (χ0v) is 16.7. The van der Waals surface area contributed by atoms with Crippen molar-refractivity contribution in [3.05, 3.63) is 53.8 Å². The van der Waals surface area contributed by atoms with Gasteiger partial charge in [-0.25, -0.2) is 17.8 Å². The molecule has 28 heavy (non-hydrogen) atoms. The van der Waals surface area contributed by atoms with Crippen molar-refractivity contribution in [2.75, 3.05) is 11.9 Å². The van der Waals surface area contributed by atoms with Crippen LogP contribution in [0.25, 0.3) is 10.2 Å². The quantitative estimate of drug-likeness (QED) is 0.702. The fraction of sp³-hybridized carbons (Fsp3) is 0.263. The van der Waals surface area contributed by atoms with Crippen LogP contribution in [0.1, 0.15) is 18.4 Å². The molecule has 2 heterocycles. The van der Waals surface area contributed by atoms with Crippen molar-refractivity contribution in [3.8, 4) is 0 Å². The first-order valence-electron chi connectivity index (χ1n) is 8.80. The van der Waals surface area contributed by atoms with Gasteiger partial charge in [-0.1, -0.05) is 17.4 Å². The summed E-state index contributed by atoms with van der Waals surface area (Å²) in [7, 11) is -3.88. The number of fused-ring (bicyclic) bond motifs is 1. The highest BCUT2D eigenvalue weighted by Crippen LogP contribution is 2.30. The van der Waals surface area contributed by atoms with Gasteiger partial charge in [0.05, 0.1) is 15.1 Å². The van der Waals surface area contributed by atoms with Gasteiger partial charge in [0.2, 0.25) is 15.9 Å². The Kier molecular flexibility index (Phi) is 4.90. The second-order valence-corrected chi connectivity index (χ2v) is 9.63. The van der Waals surface area contributed by atoms with Crippen molar-refractivity contribution in [2.45, 2.75) is 30.7 Å². The van der Waals surface area contributed by atoms with Gasteiger partial charge in [0, 0.05) is 6.54 Å². The highest BCUT2D eigenvalue weighted by atomic mass is 32.2. The van der Waals surface area contributed by atoms with Gasteiger partial charge < -0.3 is 5.32 Å². The van der Waals surface area contributed by atoms with Crippen LogP contribution in [-0.4, -0.2) is 36.2 Å². The Morgan fingerprint density at radius 3 is 2.75 bits per heavy atom. The molecule has 4 rings (SSSR count). The molecule has 0 saturated carbocycles. The van der Waals surface area contributed by atoms with Crippen molar-refractivity contribution in [1.29, 1.82) is 0 Å². The number of sulfonamides is 1. The van der Waals surface area contributed by atoms with Crippen LogP contribution in [0, 0.1) is 12.7 Å². The molecular weight excluding hydrogens is 401 g/mol. The van der Waals surface area contributed by atoms with E-state index < -0.39 is 27.8 Å². The van der Waals surface area contributed by atoms with Gasteiger partial charge in [-0.3, -0.25) is 4.79 Å². The maximum Gasteiger partial charge on any atom is 0.244 e. The van der Waals surface area contributed by atoms with Gasteiger partial charge in [0.25, 0.3) is 0 Å². The van der Waals surface area contributed by atoms with E-state index in [1.54, 1.807) is 0 Å². The summed E-state index contributed by atoms with van der Waals surface area (Å²) >= 11 is 1.35. The first kappa shape index (κ1) is 19.0. The number of benzene rings is 2. The second kappa shape index (κ2) is 7.23. The Morgan fingerprint density at radius 2 is 2.00 bits per heavy atom. The van der Waals surface area contributed by atoms with Crippen LogP contribution in [0.2, 0.25) is 0 Å². The SMILES string of the molecule is Cc1ccc2nc(NC(=O)C3CCCN3S(=O)(=O)c3ccc(F)cc3)sc2c1. The summed E-state index contributed by atoms with van der Waals surface area (Å²) in [5, 5.41) is 3.20. The van der Waals surface area contributed by atoms with Crippen LogP contribution in [0.5, 0.6) is 0 Å². The number of carbonyl (C=O) groups is 1. The normalized spacial score (nSPS) is 17.9. The molecule has 2 aromatic carbocycles. The molecule has 6 nitrogen and oxygen atoms in total. The van der Waals surface area contributed by atoms with Crippen molar-refractivity contribution in [1.82, 2.24) is 9.29 Å². The zero-order valence-electron chi connectivity index (χ0n) is 15.1. The average Bonchev–Trinajstić information content (AvgIpc) is 3.28. The Balaban J connectivity index is 1.56. The van der Waals surface area contributed by atoms with E-state index in [4.69, 9.17) is 0 Å². The molecule has 9 heteroatoms. The highest BCUT2D eigenvalue weighted by molar-refractivity contribution is 7.89. The predicted molar refractivity (Wildman–Crippen MR) is 106 cm³/mol. The molecule has 1 atom stereocenters. The molecule has 3 aromatic rings. The molecule has 0 radical (unpaired) electrons. The first-order valence-corrected chi connectivity index (χ1v) is 11.1. The number of carbonyl (C=O) groups excluding carboxylic acids is 1. The lowest BCUT2D eigenvalue weighted by Gasteiger charge is -2.23. The van der Waals surface area contributed by atoms with Crippen molar-refractivity contribution in [2.24, 2.45) is 0 Å². The summed E-state index contributed by atoms with van der Waals surface area (Å²) in [4.78, 5) is 17.2. The Morgan fingerprint density at radius 1 is 1.25 bits per heavy atom. The van der Waals surface area contributed by atoms with E-state index in [0.717, 1.165) is 27.9 Å². The van der Waals surface area contributed by atoms with E-state index in [1.807, 2.05) is 25.1 Å². The first-order chi connectivity index (χ1) is 13.3. The van der Waals surface area contributed by atoms with E-state index in [2.05, 4.69) is 10.3 Å². The molecule has 1 aliphatic rings. The number of rotatable bonds is 4. The highest BCUT2D eigenvalue weighted by Gasteiger charge is 2.39. The fourth-order valence-electron chi connectivity index (χ4n) is 3.31. The maximum atomic E-state index is 13.1. The van der Waals surface area contributed by atoms with Crippen LogP contribution in [0.15, 0.2) is 47.4 Å². The smallest absolute Gasteiger partial charge is 0.244 e. The van der Waals surface area contributed by atoms with Gasteiger partial charge in [-0.15, -0.1) is 0 Å².